The van der Waals surface area contributed by atoms with Gasteiger partial charge in [0, 0.05) is 39.3 Å². The van der Waals surface area contributed by atoms with Crippen molar-refractivity contribution in [1.82, 2.24) is 15.0 Å². The van der Waals surface area contributed by atoms with Crippen LogP contribution in [0.25, 0.3) is 0 Å². The van der Waals surface area contributed by atoms with E-state index in [2.05, 4.69) is 56.2 Å². The Hall–Kier alpha value is -1.59. The van der Waals surface area contributed by atoms with Gasteiger partial charge in [-0.15, -0.1) is 0 Å². The Balaban J connectivity index is 3.41. The summed E-state index contributed by atoms with van der Waals surface area (Å²) in [5, 5.41) is 0. The molecule has 1 rings (SSSR count). The number of nitrogens with zero attached hydrogens (tertiary/aromatic N) is 6. The number of aromatic nitrogens is 3. The predicted molar refractivity (Wildman–Crippen MR) is 141 cm³/mol. The molecule has 6 nitrogen and oxygen atoms in total. The molecule has 0 aromatic carbocycles. The number of anilines is 3. The minimum Gasteiger partial charge on any atom is -0.341 e. The first-order chi connectivity index (χ1) is 15.6. The minimum absolute atomic E-state index is 0.872. The Kier molecular flexibility index (Phi) is 15.9. The van der Waals surface area contributed by atoms with Crippen LogP contribution >= 0.6 is 0 Å². The Morgan fingerprint density at radius 3 is 0.844 bits per heavy atom. The highest BCUT2D eigenvalue weighted by Crippen LogP contribution is 2.22. The first-order valence-corrected chi connectivity index (χ1v) is 13.7. The third-order valence-corrected chi connectivity index (χ3v) is 5.85. The molecular formula is C26H52N6. The first kappa shape index (κ1) is 28.4. The molecule has 1 aromatic heterocycles. The monoisotopic (exact) mass is 448 g/mol. The molecule has 186 valence electrons. The molecule has 0 unspecified atom stereocenters. The van der Waals surface area contributed by atoms with E-state index in [0.717, 1.165) is 63.5 Å². The Bertz CT molecular complexity index is 525. The molecule has 0 radical (unpaired) electrons. The van der Waals surface area contributed by atoms with Gasteiger partial charge in [-0.05, 0) is 38.5 Å². The second-order valence-electron chi connectivity index (χ2n) is 8.96. The summed E-state index contributed by atoms with van der Waals surface area (Å²) in [6.45, 7) is 19.6. The van der Waals surface area contributed by atoms with E-state index in [1.54, 1.807) is 0 Å². The zero-order valence-electron chi connectivity index (χ0n) is 22.2. The standard InChI is InChI=1S/C26H52N6/c1-7-13-19-30(18-12-6)24-27-25(31(20-14-8-2)21-15-9-3)29-26(28-24)32(22-16-10-4)23-17-11-5/h7-23H2,1-6H3. The minimum atomic E-state index is 0.872. The summed E-state index contributed by atoms with van der Waals surface area (Å²) in [6, 6.07) is 0. The van der Waals surface area contributed by atoms with Crippen LogP contribution < -0.4 is 14.7 Å². The normalized spacial score (nSPS) is 11.1. The molecule has 0 atom stereocenters. The van der Waals surface area contributed by atoms with Gasteiger partial charge in [0.15, 0.2) is 0 Å². The topological polar surface area (TPSA) is 48.4 Å². The zero-order valence-corrected chi connectivity index (χ0v) is 22.2. The number of hydrogen-bond donors (Lipinski definition) is 0. The third kappa shape index (κ3) is 10.4. The summed E-state index contributed by atoms with van der Waals surface area (Å²) < 4.78 is 0. The van der Waals surface area contributed by atoms with Crippen molar-refractivity contribution < 1.29 is 0 Å². The fourth-order valence-corrected chi connectivity index (χ4v) is 3.72. The summed E-state index contributed by atoms with van der Waals surface area (Å²) in [4.78, 5) is 22.4. The van der Waals surface area contributed by atoms with E-state index in [1.807, 2.05) is 0 Å². The summed E-state index contributed by atoms with van der Waals surface area (Å²) in [5.41, 5.74) is 0. The van der Waals surface area contributed by atoms with Gasteiger partial charge in [0.05, 0.1) is 0 Å². The van der Waals surface area contributed by atoms with E-state index in [4.69, 9.17) is 15.0 Å². The van der Waals surface area contributed by atoms with E-state index < -0.39 is 0 Å². The fourth-order valence-electron chi connectivity index (χ4n) is 3.72. The van der Waals surface area contributed by atoms with Crippen molar-refractivity contribution in [2.24, 2.45) is 0 Å². The number of hydrogen-bond acceptors (Lipinski definition) is 6. The molecule has 0 saturated carbocycles. The first-order valence-electron chi connectivity index (χ1n) is 13.7. The molecule has 1 heterocycles. The highest BCUT2D eigenvalue weighted by atomic mass is 15.4. The summed E-state index contributed by atoms with van der Waals surface area (Å²) in [5.74, 6) is 2.63. The molecule has 1 aromatic rings. The lowest BCUT2D eigenvalue weighted by Gasteiger charge is -2.29. The van der Waals surface area contributed by atoms with Gasteiger partial charge < -0.3 is 14.7 Å². The maximum absolute atomic E-state index is 5.07. The molecule has 0 amide bonds. The van der Waals surface area contributed by atoms with Crippen molar-refractivity contribution in [3.63, 3.8) is 0 Å². The van der Waals surface area contributed by atoms with Gasteiger partial charge in [-0.25, -0.2) is 0 Å². The van der Waals surface area contributed by atoms with Gasteiger partial charge in [0.2, 0.25) is 17.8 Å². The van der Waals surface area contributed by atoms with Crippen LogP contribution in [0, 0.1) is 0 Å². The van der Waals surface area contributed by atoms with Gasteiger partial charge in [0.1, 0.15) is 0 Å². The van der Waals surface area contributed by atoms with E-state index in [0.29, 0.717) is 0 Å². The molecule has 32 heavy (non-hydrogen) atoms. The van der Waals surface area contributed by atoms with Crippen molar-refractivity contribution in [3.05, 3.63) is 0 Å². The van der Waals surface area contributed by atoms with Crippen LogP contribution in [0.15, 0.2) is 0 Å². The molecule has 0 fully saturated rings. The molecule has 0 bridgehead atoms. The van der Waals surface area contributed by atoms with Gasteiger partial charge in [0.25, 0.3) is 0 Å². The smallest absolute Gasteiger partial charge is 0.231 e. The fraction of sp³-hybridized carbons (Fsp3) is 0.885. The summed E-state index contributed by atoms with van der Waals surface area (Å²) >= 11 is 0. The van der Waals surface area contributed by atoms with Gasteiger partial charge in [-0.2, -0.15) is 15.0 Å². The van der Waals surface area contributed by atoms with Crippen LogP contribution in [-0.2, 0) is 0 Å². The average Bonchev–Trinajstić information content (AvgIpc) is 2.81. The van der Waals surface area contributed by atoms with Crippen LogP contribution in [0.1, 0.15) is 112 Å². The lowest BCUT2D eigenvalue weighted by Crippen LogP contribution is -2.34. The highest BCUT2D eigenvalue weighted by molar-refractivity contribution is 5.46. The van der Waals surface area contributed by atoms with Crippen LogP contribution in [0.5, 0.6) is 0 Å². The molecule has 0 N–H and O–H groups in total. The molecule has 0 saturated heterocycles. The lowest BCUT2D eigenvalue weighted by molar-refractivity contribution is 0.635. The van der Waals surface area contributed by atoms with Crippen molar-refractivity contribution in [1.29, 1.82) is 0 Å². The Morgan fingerprint density at radius 1 is 0.375 bits per heavy atom. The molecule has 0 aliphatic rings. The summed E-state index contributed by atoms with van der Waals surface area (Å²) in [6.07, 6.45) is 12.9. The second-order valence-corrected chi connectivity index (χ2v) is 8.96. The molecule has 6 heteroatoms. The SMILES string of the molecule is CCCCN(CCC)c1nc(N(CCCC)CCCC)nc(N(CCCC)CCCC)n1. The molecule has 0 aliphatic carbocycles. The molecule has 0 aliphatic heterocycles. The van der Waals surface area contributed by atoms with Gasteiger partial charge in [-0.3, -0.25) is 0 Å². The quantitative estimate of drug-likeness (QED) is 0.221. The van der Waals surface area contributed by atoms with E-state index in [-0.39, 0.29) is 0 Å². The van der Waals surface area contributed by atoms with Gasteiger partial charge in [-0.1, -0.05) is 73.6 Å². The lowest BCUT2D eigenvalue weighted by atomic mass is 10.2. The second kappa shape index (κ2) is 17.9. The van der Waals surface area contributed by atoms with Crippen LogP contribution in [0.2, 0.25) is 0 Å². The number of rotatable bonds is 20. The average molecular weight is 449 g/mol. The maximum atomic E-state index is 5.07. The zero-order chi connectivity index (χ0) is 23.6. The summed E-state index contributed by atoms with van der Waals surface area (Å²) in [7, 11) is 0. The van der Waals surface area contributed by atoms with Crippen LogP contribution in [0.4, 0.5) is 17.8 Å². The van der Waals surface area contributed by atoms with Crippen LogP contribution in [-0.4, -0.2) is 54.2 Å². The van der Waals surface area contributed by atoms with Gasteiger partial charge >= 0.3 is 0 Å². The maximum Gasteiger partial charge on any atom is 0.231 e. The van der Waals surface area contributed by atoms with E-state index in [9.17, 15) is 0 Å². The van der Waals surface area contributed by atoms with Crippen molar-refractivity contribution in [2.45, 2.75) is 112 Å². The Labute approximate surface area is 199 Å². The largest absolute Gasteiger partial charge is 0.341 e. The van der Waals surface area contributed by atoms with E-state index >= 15 is 0 Å². The van der Waals surface area contributed by atoms with Crippen molar-refractivity contribution in [2.75, 3.05) is 54.0 Å². The van der Waals surface area contributed by atoms with Crippen LogP contribution in [0.3, 0.4) is 0 Å². The number of unbranched alkanes of at least 4 members (excludes halogenated alkanes) is 5. The molecule has 0 spiro atoms. The highest BCUT2D eigenvalue weighted by Gasteiger charge is 2.20. The van der Waals surface area contributed by atoms with Crippen molar-refractivity contribution >= 4 is 17.8 Å². The molecular weight excluding hydrogens is 396 g/mol. The third-order valence-electron chi connectivity index (χ3n) is 5.85. The predicted octanol–water partition coefficient (Wildman–Crippen LogP) is 6.70. The Morgan fingerprint density at radius 2 is 0.625 bits per heavy atom. The van der Waals surface area contributed by atoms with Crippen molar-refractivity contribution in [3.8, 4) is 0 Å². The van der Waals surface area contributed by atoms with E-state index in [1.165, 1.54) is 64.2 Å².